The van der Waals surface area contributed by atoms with Crippen molar-refractivity contribution in [3.05, 3.63) is 101 Å². The number of rotatable bonds is 5. The van der Waals surface area contributed by atoms with Gasteiger partial charge in [-0.25, -0.2) is 13.2 Å². The van der Waals surface area contributed by atoms with Gasteiger partial charge in [-0.05, 0) is 72.4 Å². The maximum absolute atomic E-state index is 13.1. The third-order valence-electron chi connectivity index (χ3n) is 6.72. The average molecular weight is 475 g/mol. The van der Waals surface area contributed by atoms with E-state index >= 15 is 0 Å². The summed E-state index contributed by atoms with van der Waals surface area (Å²) in [7, 11) is -2.35. The molecule has 7 heteroatoms. The number of benzene rings is 3. The van der Waals surface area contributed by atoms with Crippen LogP contribution in [0.1, 0.15) is 45.4 Å². The SMILES string of the molecule is COC(=O)c1ccc(C2Nc3ccc(S(=O)(=O)Nc4ccccc4C)cc3C3C=CCC32)cc1. The van der Waals surface area contributed by atoms with Crippen molar-refractivity contribution in [1.29, 1.82) is 0 Å². The topological polar surface area (TPSA) is 84.5 Å². The molecule has 0 fully saturated rings. The molecular weight excluding hydrogens is 448 g/mol. The Bertz CT molecular complexity index is 1380. The first kappa shape index (κ1) is 22.2. The summed E-state index contributed by atoms with van der Waals surface area (Å²) in [6, 6.07) is 20.1. The minimum absolute atomic E-state index is 0.0479. The number of allylic oxidation sites excluding steroid dienone is 2. The van der Waals surface area contributed by atoms with E-state index in [0.29, 0.717) is 11.3 Å². The normalized spacial score (nSPS) is 20.7. The number of hydrogen-bond donors (Lipinski definition) is 2. The summed E-state index contributed by atoms with van der Waals surface area (Å²) in [5, 5.41) is 3.61. The Morgan fingerprint density at radius 3 is 2.56 bits per heavy atom. The van der Waals surface area contributed by atoms with Crippen molar-refractivity contribution in [3.63, 3.8) is 0 Å². The molecule has 174 valence electrons. The molecule has 0 saturated heterocycles. The summed E-state index contributed by atoms with van der Waals surface area (Å²) in [5.74, 6) is -0.00384. The summed E-state index contributed by atoms with van der Waals surface area (Å²) >= 11 is 0. The molecule has 0 spiro atoms. The van der Waals surface area contributed by atoms with Crippen LogP contribution in [0.15, 0.2) is 83.8 Å². The van der Waals surface area contributed by atoms with E-state index in [1.54, 1.807) is 30.3 Å². The highest BCUT2D eigenvalue weighted by Crippen LogP contribution is 2.50. The van der Waals surface area contributed by atoms with Crippen LogP contribution in [-0.4, -0.2) is 21.5 Å². The number of sulfonamides is 1. The number of carbonyl (C=O) groups excluding carboxylic acids is 1. The summed E-state index contributed by atoms with van der Waals surface area (Å²) < 4.78 is 33.8. The van der Waals surface area contributed by atoms with Gasteiger partial charge in [-0.15, -0.1) is 0 Å². The molecule has 34 heavy (non-hydrogen) atoms. The molecule has 0 aromatic heterocycles. The number of anilines is 2. The Labute approximate surface area is 199 Å². The second-order valence-electron chi connectivity index (χ2n) is 8.76. The quantitative estimate of drug-likeness (QED) is 0.382. The van der Waals surface area contributed by atoms with Gasteiger partial charge in [0.25, 0.3) is 10.0 Å². The van der Waals surface area contributed by atoms with E-state index in [-0.39, 0.29) is 28.7 Å². The molecule has 5 rings (SSSR count). The van der Waals surface area contributed by atoms with Crippen LogP contribution in [0.25, 0.3) is 0 Å². The van der Waals surface area contributed by atoms with E-state index in [1.807, 2.05) is 43.3 Å². The number of methoxy groups -OCH3 is 1. The number of hydrogen-bond acceptors (Lipinski definition) is 5. The molecule has 0 amide bonds. The minimum Gasteiger partial charge on any atom is -0.465 e. The molecule has 2 N–H and O–H groups in total. The Hall–Kier alpha value is -3.58. The van der Waals surface area contributed by atoms with E-state index < -0.39 is 10.0 Å². The van der Waals surface area contributed by atoms with Gasteiger partial charge in [-0.1, -0.05) is 42.5 Å². The molecule has 3 aromatic carbocycles. The van der Waals surface area contributed by atoms with Crippen LogP contribution in [-0.2, 0) is 14.8 Å². The molecule has 1 aliphatic heterocycles. The highest BCUT2D eigenvalue weighted by molar-refractivity contribution is 7.92. The lowest BCUT2D eigenvalue weighted by Gasteiger charge is -2.37. The molecule has 3 atom stereocenters. The van der Waals surface area contributed by atoms with Gasteiger partial charge in [-0.3, -0.25) is 4.72 Å². The summed E-state index contributed by atoms with van der Waals surface area (Å²) in [6.45, 7) is 1.88. The molecule has 3 unspecified atom stereocenters. The second kappa shape index (κ2) is 8.65. The number of aryl methyl sites for hydroxylation is 1. The van der Waals surface area contributed by atoms with E-state index in [2.05, 4.69) is 22.2 Å². The third-order valence-corrected chi connectivity index (χ3v) is 8.09. The van der Waals surface area contributed by atoms with E-state index in [0.717, 1.165) is 28.8 Å². The van der Waals surface area contributed by atoms with E-state index in [9.17, 15) is 13.2 Å². The Balaban J connectivity index is 1.46. The van der Waals surface area contributed by atoms with Crippen LogP contribution < -0.4 is 10.0 Å². The number of esters is 1. The largest absolute Gasteiger partial charge is 0.465 e. The number of carbonyl (C=O) groups is 1. The van der Waals surface area contributed by atoms with Crippen molar-refractivity contribution in [2.75, 3.05) is 17.1 Å². The first-order valence-electron chi connectivity index (χ1n) is 11.2. The van der Waals surface area contributed by atoms with Crippen molar-refractivity contribution < 1.29 is 17.9 Å². The maximum Gasteiger partial charge on any atom is 0.337 e. The lowest BCUT2D eigenvalue weighted by Crippen LogP contribution is -2.29. The predicted molar refractivity (Wildman–Crippen MR) is 133 cm³/mol. The fourth-order valence-electron chi connectivity index (χ4n) is 4.91. The van der Waals surface area contributed by atoms with Gasteiger partial charge >= 0.3 is 5.97 Å². The Morgan fingerprint density at radius 1 is 1.06 bits per heavy atom. The molecule has 2 aliphatic rings. The van der Waals surface area contributed by atoms with Crippen LogP contribution in [0.4, 0.5) is 11.4 Å². The monoisotopic (exact) mass is 474 g/mol. The van der Waals surface area contributed by atoms with Gasteiger partial charge in [-0.2, -0.15) is 0 Å². The van der Waals surface area contributed by atoms with Crippen molar-refractivity contribution in [1.82, 2.24) is 0 Å². The van der Waals surface area contributed by atoms with Crippen LogP contribution in [0.2, 0.25) is 0 Å². The van der Waals surface area contributed by atoms with Gasteiger partial charge in [0.2, 0.25) is 0 Å². The van der Waals surface area contributed by atoms with Crippen molar-refractivity contribution in [3.8, 4) is 0 Å². The minimum atomic E-state index is -3.72. The van der Waals surface area contributed by atoms with Crippen LogP contribution in [0, 0.1) is 12.8 Å². The van der Waals surface area contributed by atoms with Gasteiger partial charge < -0.3 is 10.1 Å². The first-order chi connectivity index (χ1) is 16.4. The molecule has 0 radical (unpaired) electrons. The number of para-hydroxylation sites is 1. The number of fused-ring (bicyclic) bond motifs is 3. The van der Waals surface area contributed by atoms with Gasteiger partial charge in [0.15, 0.2) is 0 Å². The number of ether oxygens (including phenoxy) is 1. The zero-order chi connectivity index (χ0) is 23.9. The average Bonchev–Trinajstić information content (AvgIpc) is 3.34. The Kier molecular flexibility index (Phi) is 5.65. The molecule has 1 aliphatic carbocycles. The highest BCUT2D eigenvalue weighted by atomic mass is 32.2. The molecule has 1 heterocycles. The van der Waals surface area contributed by atoms with Crippen LogP contribution in [0.3, 0.4) is 0 Å². The summed E-state index contributed by atoms with van der Waals surface area (Å²) in [6.07, 6.45) is 5.22. The van der Waals surface area contributed by atoms with Crippen LogP contribution >= 0.6 is 0 Å². The molecule has 3 aromatic rings. The molecular formula is C27H26N2O4S. The fourth-order valence-corrected chi connectivity index (χ4v) is 6.07. The van der Waals surface area contributed by atoms with Gasteiger partial charge in [0, 0.05) is 11.6 Å². The number of nitrogens with one attached hydrogen (secondary N) is 2. The Morgan fingerprint density at radius 2 is 1.82 bits per heavy atom. The standard InChI is InChI=1S/C27H26N2O4S/c1-17-6-3-4-9-24(17)29-34(31,32)20-14-15-25-23(16-20)21-7-5-8-22(21)26(28-25)18-10-12-19(13-11-18)27(30)33-2/h3-7,9-16,21-22,26,28-29H,8H2,1-2H3. The van der Waals surface area contributed by atoms with Crippen molar-refractivity contribution in [2.24, 2.45) is 5.92 Å². The zero-order valence-corrected chi connectivity index (χ0v) is 19.8. The third kappa shape index (κ3) is 3.96. The lowest BCUT2D eigenvalue weighted by atomic mass is 9.77. The van der Waals surface area contributed by atoms with Gasteiger partial charge in [0.05, 0.1) is 29.3 Å². The summed E-state index contributed by atoms with van der Waals surface area (Å²) in [4.78, 5) is 12.0. The van der Waals surface area contributed by atoms with Crippen molar-refractivity contribution >= 4 is 27.4 Å². The molecule has 6 nitrogen and oxygen atoms in total. The predicted octanol–water partition coefficient (Wildman–Crippen LogP) is 5.41. The van der Waals surface area contributed by atoms with Crippen molar-refractivity contribution in [2.45, 2.75) is 30.2 Å². The highest BCUT2D eigenvalue weighted by Gasteiger charge is 2.38. The lowest BCUT2D eigenvalue weighted by molar-refractivity contribution is 0.0600. The summed E-state index contributed by atoms with van der Waals surface area (Å²) in [5.41, 5.74) is 4.94. The molecule has 0 bridgehead atoms. The van der Waals surface area contributed by atoms with Gasteiger partial charge in [0.1, 0.15) is 0 Å². The fraction of sp³-hybridized carbons (Fsp3) is 0.222. The first-order valence-corrected chi connectivity index (χ1v) is 12.7. The van der Waals surface area contributed by atoms with Crippen LogP contribution in [0.5, 0.6) is 0 Å². The second-order valence-corrected chi connectivity index (χ2v) is 10.4. The maximum atomic E-state index is 13.1. The molecule has 0 saturated carbocycles. The van der Waals surface area contributed by atoms with E-state index in [1.165, 1.54) is 7.11 Å². The zero-order valence-electron chi connectivity index (χ0n) is 19.0. The smallest absolute Gasteiger partial charge is 0.337 e. The van der Waals surface area contributed by atoms with E-state index in [4.69, 9.17) is 4.74 Å².